The molecule has 0 saturated heterocycles. The van der Waals surface area contributed by atoms with Gasteiger partial charge >= 0.3 is 5.97 Å². The van der Waals surface area contributed by atoms with Gasteiger partial charge in [0.25, 0.3) is 0 Å². The molecular weight excluding hydrogens is 481 g/mol. The summed E-state index contributed by atoms with van der Waals surface area (Å²) in [7, 11) is 1.52. The van der Waals surface area contributed by atoms with E-state index in [1.807, 2.05) is 42.5 Å². The minimum atomic E-state index is -0.824. The second-order valence-electron chi connectivity index (χ2n) is 10.0. The molecular formula is C32H36FNO4. The summed E-state index contributed by atoms with van der Waals surface area (Å²) >= 11 is 0. The summed E-state index contributed by atoms with van der Waals surface area (Å²) in [6.07, 6.45) is 12.3. The molecule has 3 aromatic rings. The molecule has 6 heteroatoms. The van der Waals surface area contributed by atoms with Crippen LogP contribution in [-0.4, -0.2) is 23.2 Å². The van der Waals surface area contributed by atoms with Gasteiger partial charge in [-0.3, -0.25) is 4.79 Å². The molecule has 0 aliphatic heterocycles. The number of benzene rings is 2. The standard InChI is InChI=1S/C29H30FNO4.C3H6/c1-3-29(13-4-5-14-29)25-16-21(9-11-23(25)24-17-27(34-2)31-18-26(24)30)19-35-22-8-6-7-20(15-22)10-12-28(32)33;1-2-3-1/h3,6-9,11,15-18H,1,4-5,10,12-14,19H2,2H3,(H,32,33);1-3H2. The van der Waals surface area contributed by atoms with Crippen LogP contribution in [0.15, 0.2) is 67.4 Å². The van der Waals surface area contributed by atoms with Crippen molar-refractivity contribution in [2.24, 2.45) is 0 Å². The van der Waals surface area contributed by atoms with Gasteiger partial charge in [0, 0.05) is 23.5 Å². The maximum atomic E-state index is 14.9. The number of ether oxygens (including phenoxy) is 2. The molecule has 0 radical (unpaired) electrons. The van der Waals surface area contributed by atoms with Crippen LogP contribution in [0.25, 0.3) is 11.1 Å². The fraction of sp³-hybridized carbons (Fsp3) is 0.375. The number of carboxylic acids is 1. The second kappa shape index (κ2) is 12.7. The first-order valence-corrected chi connectivity index (χ1v) is 13.3. The third-order valence-corrected chi connectivity index (χ3v) is 7.12. The number of carbonyl (C=O) groups is 1. The third kappa shape index (κ3) is 7.00. The van der Waals surface area contributed by atoms with Crippen LogP contribution in [0.1, 0.15) is 68.1 Å². The van der Waals surface area contributed by atoms with Crippen molar-refractivity contribution in [2.75, 3.05) is 7.11 Å². The normalized spacial score (nSPS) is 15.2. The number of aryl methyl sites for hydroxylation is 1. The molecule has 1 heterocycles. The van der Waals surface area contributed by atoms with Crippen molar-refractivity contribution < 1.29 is 23.8 Å². The van der Waals surface area contributed by atoms with Gasteiger partial charge in [0.2, 0.25) is 5.88 Å². The van der Waals surface area contributed by atoms with Gasteiger partial charge in [0.1, 0.15) is 18.2 Å². The Morgan fingerprint density at radius 2 is 1.82 bits per heavy atom. The number of hydrogen-bond acceptors (Lipinski definition) is 4. The average Bonchev–Trinajstić information content (AvgIpc) is 3.75. The van der Waals surface area contributed by atoms with Crippen LogP contribution in [0, 0.1) is 5.82 Å². The molecule has 5 rings (SSSR count). The Kier molecular flexibility index (Phi) is 9.16. The lowest BCUT2D eigenvalue weighted by Gasteiger charge is -2.29. The highest BCUT2D eigenvalue weighted by atomic mass is 19.1. The molecule has 1 aromatic heterocycles. The number of carboxylic acid groups (broad SMARTS) is 1. The Balaban J connectivity index is 0.00000105. The fourth-order valence-corrected chi connectivity index (χ4v) is 4.86. The largest absolute Gasteiger partial charge is 0.489 e. The zero-order valence-electron chi connectivity index (χ0n) is 22.0. The molecule has 2 aromatic carbocycles. The van der Waals surface area contributed by atoms with Crippen molar-refractivity contribution in [3.05, 3.63) is 89.9 Å². The molecule has 0 spiro atoms. The topological polar surface area (TPSA) is 68.7 Å². The van der Waals surface area contributed by atoms with Crippen LogP contribution in [-0.2, 0) is 23.2 Å². The van der Waals surface area contributed by atoms with Crippen LogP contribution in [0.4, 0.5) is 4.39 Å². The number of nitrogens with zero attached hydrogens (tertiary/aromatic N) is 1. The predicted octanol–water partition coefficient (Wildman–Crippen LogP) is 7.66. The Labute approximate surface area is 224 Å². The van der Waals surface area contributed by atoms with Crippen LogP contribution in [0.5, 0.6) is 11.6 Å². The zero-order chi connectivity index (χ0) is 27.0. The first kappa shape index (κ1) is 27.4. The first-order valence-electron chi connectivity index (χ1n) is 13.3. The lowest BCUT2D eigenvalue weighted by Crippen LogP contribution is -2.20. The molecule has 38 heavy (non-hydrogen) atoms. The van der Waals surface area contributed by atoms with E-state index in [-0.39, 0.29) is 11.8 Å². The number of hydrogen-bond donors (Lipinski definition) is 1. The van der Waals surface area contributed by atoms with E-state index in [0.29, 0.717) is 30.2 Å². The smallest absolute Gasteiger partial charge is 0.303 e. The van der Waals surface area contributed by atoms with Gasteiger partial charge in [-0.05, 0) is 53.6 Å². The van der Waals surface area contributed by atoms with Gasteiger partial charge in [0.05, 0.1) is 13.3 Å². The average molecular weight is 518 g/mol. The van der Waals surface area contributed by atoms with E-state index < -0.39 is 11.8 Å². The van der Waals surface area contributed by atoms with E-state index in [9.17, 15) is 9.18 Å². The van der Waals surface area contributed by atoms with Crippen molar-refractivity contribution in [1.82, 2.24) is 4.98 Å². The molecule has 2 aliphatic rings. The highest BCUT2D eigenvalue weighted by Gasteiger charge is 2.35. The highest BCUT2D eigenvalue weighted by Crippen LogP contribution is 2.46. The maximum Gasteiger partial charge on any atom is 0.303 e. The Morgan fingerprint density at radius 3 is 2.47 bits per heavy atom. The van der Waals surface area contributed by atoms with Gasteiger partial charge in [0.15, 0.2) is 0 Å². The summed E-state index contributed by atoms with van der Waals surface area (Å²) in [5.74, 6) is -0.175. The number of allylic oxidation sites excluding steroid dienone is 1. The van der Waals surface area contributed by atoms with E-state index in [4.69, 9.17) is 14.6 Å². The van der Waals surface area contributed by atoms with Crippen LogP contribution < -0.4 is 9.47 Å². The summed E-state index contributed by atoms with van der Waals surface area (Å²) in [6.45, 7) is 4.48. The third-order valence-electron chi connectivity index (χ3n) is 7.12. The number of aliphatic carboxylic acids is 1. The Morgan fingerprint density at radius 1 is 1.05 bits per heavy atom. The predicted molar refractivity (Wildman–Crippen MR) is 147 cm³/mol. The first-order chi connectivity index (χ1) is 18.4. The Bertz CT molecular complexity index is 1260. The van der Waals surface area contributed by atoms with Gasteiger partial charge < -0.3 is 14.6 Å². The summed E-state index contributed by atoms with van der Waals surface area (Å²) in [5.41, 5.74) is 3.95. The van der Waals surface area contributed by atoms with Crippen molar-refractivity contribution in [1.29, 1.82) is 0 Å². The highest BCUT2D eigenvalue weighted by molar-refractivity contribution is 5.71. The second-order valence-corrected chi connectivity index (χ2v) is 10.0. The van der Waals surface area contributed by atoms with Gasteiger partial charge in [-0.1, -0.05) is 68.5 Å². The molecule has 2 saturated carbocycles. The maximum absolute atomic E-state index is 14.9. The number of halogens is 1. The SMILES string of the molecule is C1CC1.C=CC1(c2cc(COc3cccc(CCC(=O)O)c3)ccc2-c2cc(OC)ncc2F)CCCC1. The molecule has 0 bridgehead atoms. The molecule has 200 valence electrons. The van der Waals surface area contributed by atoms with Crippen molar-refractivity contribution in [3.63, 3.8) is 0 Å². The molecule has 0 atom stereocenters. The van der Waals surface area contributed by atoms with E-state index in [1.54, 1.807) is 6.07 Å². The van der Waals surface area contributed by atoms with Crippen molar-refractivity contribution in [2.45, 2.75) is 69.8 Å². The van der Waals surface area contributed by atoms with Crippen molar-refractivity contribution in [3.8, 4) is 22.8 Å². The number of aromatic nitrogens is 1. The number of methoxy groups -OCH3 is 1. The van der Waals surface area contributed by atoms with Crippen molar-refractivity contribution >= 4 is 5.97 Å². The van der Waals surface area contributed by atoms with E-state index in [1.165, 1.54) is 32.6 Å². The molecule has 2 aliphatic carbocycles. The number of rotatable bonds is 10. The monoisotopic (exact) mass is 517 g/mol. The molecule has 2 fully saturated rings. The Hall–Kier alpha value is -3.67. The summed E-state index contributed by atoms with van der Waals surface area (Å²) < 4.78 is 26.2. The van der Waals surface area contributed by atoms with Crippen LogP contribution in [0.2, 0.25) is 0 Å². The fourth-order valence-electron chi connectivity index (χ4n) is 4.86. The lowest BCUT2D eigenvalue weighted by molar-refractivity contribution is -0.136. The van der Waals surface area contributed by atoms with Crippen LogP contribution in [0.3, 0.4) is 0 Å². The van der Waals surface area contributed by atoms with E-state index in [0.717, 1.165) is 47.9 Å². The molecule has 5 nitrogen and oxygen atoms in total. The summed E-state index contributed by atoms with van der Waals surface area (Å²) in [4.78, 5) is 14.9. The minimum Gasteiger partial charge on any atom is -0.489 e. The lowest BCUT2D eigenvalue weighted by atomic mass is 9.75. The minimum absolute atomic E-state index is 0.0776. The molecule has 1 N–H and O–H groups in total. The molecule has 0 amide bonds. The summed E-state index contributed by atoms with van der Waals surface area (Å²) in [6, 6.07) is 15.1. The van der Waals surface area contributed by atoms with Crippen LogP contribution >= 0.6 is 0 Å². The quantitative estimate of drug-likeness (QED) is 0.280. The van der Waals surface area contributed by atoms with Gasteiger partial charge in [-0.25, -0.2) is 9.37 Å². The van der Waals surface area contributed by atoms with E-state index in [2.05, 4.69) is 17.6 Å². The van der Waals surface area contributed by atoms with Gasteiger partial charge in [-0.15, -0.1) is 6.58 Å². The zero-order valence-corrected chi connectivity index (χ0v) is 22.0. The molecule has 0 unspecified atom stereocenters. The van der Waals surface area contributed by atoms with E-state index >= 15 is 0 Å². The van der Waals surface area contributed by atoms with Gasteiger partial charge in [-0.2, -0.15) is 0 Å². The summed E-state index contributed by atoms with van der Waals surface area (Å²) in [5, 5.41) is 8.93. The number of pyridine rings is 1.